The van der Waals surface area contributed by atoms with Gasteiger partial charge in [0.15, 0.2) is 0 Å². The molecule has 31 heavy (non-hydrogen) atoms. The molecule has 2 unspecified atom stereocenters. The minimum Gasteiger partial charge on any atom is -0.352 e. The summed E-state index contributed by atoms with van der Waals surface area (Å²) in [5, 5.41) is 2.91. The van der Waals surface area contributed by atoms with Crippen LogP contribution in [0.3, 0.4) is 0 Å². The molecule has 2 aromatic carbocycles. The van der Waals surface area contributed by atoms with E-state index in [1.54, 1.807) is 13.0 Å². The molecule has 2 saturated heterocycles. The van der Waals surface area contributed by atoms with Crippen molar-refractivity contribution in [2.45, 2.75) is 32.4 Å². The Labute approximate surface area is 182 Å². The van der Waals surface area contributed by atoms with Crippen molar-refractivity contribution < 1.29 is 14.0 Å². The van der Waals surface area contributed by atoms with E-state index in [1.807, 2.05) is 41.3 Å². The predicted molar refractivity (Wildman–Crippen MR) is 116 cm³/mol. The van der Waals surface area contributed by atoms with Crippen LogP contribution in [0.1, 0.15) is 35.6 Å². The second-order valence-corrected chi connectivity index (χ2v) is 8.42. The standard InChI is InChI=1S/C24H29FN4O2/c1-16-7-8-17(13-21(16)25)14-26-23(30)19-9-11-29(12-10-19)24(31)20-15-27-28-22(20)18-5-3-2-4-6-18/h2-8,13,19-20,22,27-28H,9-12,14-15H2,1H3,(H,26,30). The first-order valence-corrected chi connectivity index (χ1v) is 10.9. The fraction of sp³-hybridized carbons (Fsp3) is 0.417. The number of hydrazine groups is 1. The zero-order chi connectivity index (χ0) is 21.8. The predicted octanol–water partition coefficient (Wildman–Crippen LogP) is 2.45. The maximum atomic E-state index is 13.7. The van der Waals surface area contributed by atoms with Crippen molar-refractivity contribution in [3.63, 3.8) is 0 Å². The van der Waals surface area contributed by atoms with E-state index in [2.05, 4.69) is 16.2 Å². The van der Waals surface area contributed by atoms with Crippen LogP contribution < -0.4 is 16.2 Å². The molecule has 4 rings (SSSR count). The van der Waals surface area contributed by atoms with E-state index in [9.17, 15) is 14.0 Å². The molecule has 7 heteroatoms. The quantitative estimate of drug-likeness (QED) is 0.690. The van der Waals surface area contributed by atoms with Gasteiger partial charge >= 0.3 is 0 Å². The summed E-state index contributed by atoms with van der Waals surface area (Å²) < 4.78 is 13.7. The van der Waals surface area contributed by atoms with Crippen molar-refractivity contribution in [1.82, 2.24) is 21.1 Å². The van der Waals surface area contributed by atoms with Crippen molar-refractivity contribution in [2.24, 2.45) is 11.8 Å². The Kier molecular flexibility index (Phi) is 6.63. The summed E-state index contributed by atoms with van der Waals surface area (Å²) in [6, 6.07) is 14.9. The molecule has 2 fully saturated rings. The number of piperidine rings is 1. The lowest BCUT2D eigenvalue weighted by Gasteiger charge is -2.34. The van der Waals surface area contributed by atoms with E-state index in [4.69, 9.17) is 0 Å². The molecule has 164 valence electrons. The summed E-state index contributed by atoms with van der Waals surface area (Å²) in [7, 11) is 0. The number of rotatable bonds is 5. The lowest BCUT2D eigenvalue weighted by atomic mass is 9.91. The number of hydrogen-bond donors (Lipinski definition) is 3. The van der Waals surface area contributed by atoms with Gasteiger partial charge in [0.05, 0.1) is 12.0 Å². The van der Waals surface area contributed by atoms with Crippen LogP contribution in [-0.4, -0.2) is 36.3 Å². The molecule has 0 radical (unpaired) electrons. The first-order valence-electron chi connectivity index (χ1n) is 10.9. The van der Waals surface area contributed by atoms with Crippen LogP contribution in [0.15, 0.2) is 48.5 Å². The fourth-order valence-corrected chi connectivity index (χ4v) is 4.38. The molecule has 0 aliphatic carbocycles. The van der Waals surface area contributed by atoms with E-state index in [0.717, 1.165) is 11.1 Å². The number of aryl methyl sites for hydroxylation is 1. The second kappa shape index (κ2) is 9.58. The largest absolute Gasteiger partial charge is 0.352 e. The maximum Gasteiger partial charge on any atom is 0.229 e. The number of nitrogens with zero attached hydrogens (tertiary/aromatic N) is 1. The Morgan fingerprint density at radius 2 is 1.87 bits per heavy atom. The number of benzene rings is 2. The maximum absolute atomic E-state index is 13.7. The van der Waals surface area contributed by atoms with Gasteiger partial charge in [0.25, 0.3) is 0 Å². The number of carbonyl (C=O) groups excluding carboxylic acids is 2. The molecule has 2 atom stereocenters. The number of likely N-dealkylation sites (tertiary alicyclic amines) is 1. The van der Waals surface area contributed by atoms with E-state index in [0.29, 0.717) is 44.6 Å². The van der Waals surface area contributed by atoms with Gasteiger partial charge in [0.2, 0.25) is 11.8 Å². The van der Waals surface area contributed by atoms with Crippen LogP contribution in [0.4, 0.5) is 4.39 Å². The smallest absolute Gasteiger partial charge is 0.229 e. The van der Waals surface area contributed by atoms with Crippen LogP contribution in [-0.2, 0) is 16.1 Å². The first-order chi connectivity index (χ1) is 15.0. The number of halogens is 1. The molecule has 3 N–H and O–H groups in total. The molecular formula is C24H29FN4O2. The molecule has 2 aliphatic heterocycles. The third-order valence-electron chi connectivity index (χ3n) is 6.34. The summed E-state index contributed by atoms with van der Waals surface area (Å²) in [6.07, 6.45) is 1.28. The van der Waals surface area contributed by atoms with Gasteiger partial charge in [-0.3, -0.25) is 15.0 Å². The van der Waals surface area contributed by atoms with Gasteiger partial charge in [-0.1, -0.05) is 42.5 Å². The molecule has 0 bridgehead atoms. The number of carbonyl (C=O) groups is 2. The summed E-state index contributed by atoms with van der Waals surface area (Å²) >= 11 is 0. The van der Waals surface area contributed by atoms with Crippen molar-refractivity contribution in [1.29, 1.82) is 0 Å². The average molecular weight is 425 g/mol. The number of hydrogen-bond acceptors (Lipinski definition) is 4. The van der Waals surface area contributed by atoms with Gasteiger partial charge < -0.3 is 10.2 Å². The van der Waals surface area contributed by atoms with Crippen LogP contribution in [0.2, 0.25) is 0 Å². The van der Waals surface area contributed by atoms with Gasteiger partial charge in [0.1, 0.15) is 5.82 Å². The number of nitrogens with one attached hydrogen (secondary N) is 3. The average Bonchev–Trinajstić information content (AvgIpc) is 3.30. The highest BCUT2D eigenvalue weighted by molar-refractivity contribution is 5.82. The fourth-order valence-electron chi connectivity index (χ4n) is 4.38. The normalized spacial score (nSPS) is 21.8. The van der Waals surface area contributed by atoms with Crippen molar-refractivity contribution in [3.05, 3.63) is 71.0 Å². The monoisotopic (exact) mass is 424 g/mol. The van der Waals surface area contributed by atoms with Crippen LogP contribution in [0.25, 0.3) is 0 Å². The van der Waals surface area contributed by atoms with Crippen LogP contribution in [0.5, 0.6) is 0 Å². The minimum atomic E-state index is -0.261. The highest BCUT2D eigenvalue weighted by Gasteiger charge is 2.38. The van der Waals surface area contributed by atoms with Gasteiger partial charge in [-0.2, -0.15) is 0 Å². The molecule has 2 aromatic rings. The Hall–Kier alpha value is -2.77. The summed E-state index contributed by atoms with van der Waals surface area (Å²) in [4.78, 5) is 27.6. The molecule has 2 amide bonds. The summed E-state index contributed by atoms with van der Waals surface area (Å²) in [5.74, 6) is -0.448. The lowest BCUT2D eigenvalue weighted by Crippen LogP contribution is -2.46. The van der Waals surface area contributed by atoms with E-state index in [1.165, 1.54) is 6.07 Å². The Balaban J connectivity index is 1.28. The zero-order valence-electron chi connectivity index (χ0n) is 17.7. The number of amides is 2. The van der Waals surface area contributed by atoms with Crippen LogP contribution >= 0.6 is 0 Å². The SMILES string of the molecule is Cc1ccc(CNC(=O)C2CCN(C(=O)C3CNNC3c3ccccc3)CC2)cc1F. The van der Waals surface area contributed by atoms with Gasteiger partial charge in [-0.15, -0.1) is 0 Å². The Bertz CT molecular complexity index is 928. The molecule has 0 spiro atoms. The highest BCUT2D eigenvalue weighted by Crippen LogP contribution is 2.28. The third-order valence-corrected chi connectivity index (χ3v) is 6.34. The Morgan fingerprint density at radius 3 is 2.58 bits per heavy atom. The van der Waals surface area contributed by atoms with Gasteiger partial charge in [-0.25, -0.2) is 9.82 Å². The van der Waals surface area contributed by atoms with E-state index < -0.39 is 0 Å². The molecule has 2 heterocycles. The summed E-state index contributed by atoms with van der Waals surface area (Å²) in [5.41, 5.74) is 8.77. The zero-order valence-corrected chi connectivity index (χ0v) is 17.7. The summed E-state index contributed by atoms with van der Waals surface area (Å²) in [6.45, 7) is 3.77. The highest BCUT2D eigenvalue weighted by atomic mass is 19.1. The molecule has 2 aliphatic rings. The van der Waals surface area contributed by atoms with E-state index in [-0.39, 0.29) is 35.5 Å². The van der Waals surface area contributed by atoms with E-state index >= 15 is 0 Å². The van der Waals surface area contributed by atoms with Crippen molar-refractivity contribution >= 4 is 11.8 Å². The molecule has 0 aromatic heterocycles. The molecule has 0 saturated carbocycles. The van der Waals surface area contributed by atoms with Gasteiger partial charge in [-0.05, 0) is 42.5 Å². The minimum absolute atomic E-state index is 0.0283. The first kappa shape index (κ1) is 21.5. The van der Waals surface area contributed by atoms with Crippen molar-refractivity contribution in [2.75, 3.05) is 19.6 Å². The Morgan fingerprint density at radius 1 is 1.13 bits per heavy atom. The second-order valence-electron chi connectivity index (χ2n) is 8.42. The van der Waals surface area contributed by atoms with Crippen molar-refractivity contribution in [3.8, 4) is 0 Å². The molecule has 6 nitrogen and oxygen atoms in total. The topological polar surface area (TPSA) is 73.5 Å². The molecular weight excluding hydrogens is 395 g/mol. The lowest BCUT2D eigenvalue weighted by molar-refractivity contribution is -0.139. The third kappa shape index (κ3) is 4.94. The van der Waals surface area contributed by atoms with Gasteiger partial charge in [0, 0.05) is 32.1 Å². The van der Waals surface area contributed by atoms with Crippen LogP contribution in [0, 0.1) is 24.6 Å².